The molecule has 2 aromatic heterocycles. The molecule has 3 aromatic rings. The molecule has 0 unspecified atom stereocenters. The van der Waals surface area contributed by atoms with Crippen molar-refractivity contribution in [3.8, 4) is 5.75 Å². The summed E-state index contributed by atoms with van der Waals surface area (Å²) in [5.74, 6) is 0.103. The molecular formula is C19H14N2O2. The van der Waals surface area contributed by atoms with Gasteiger partial charge in [-0.3, -0.25) is 9.97 Å². The molecule has 0 saturated heterocycles. The van der Waals surface area contributed by atoms with Gasteiger partial charge < -0.3 is 4.74 Å². The molecular weight excluding hydrogens is 288 g/mol. The van der Waals surface area contributed by atoms with Crippen LogP contribution in [-0.4, -0.2) is 15.9 Å². The summed E-state index contributed by atoms with van der Waals surface area (Å²) in [5.41, 5.74) is 2.36. The Balaban J connectivity index is 1.65. The first-order valence-electron chi connectivity index (χ1n) is 7.13. The molecule has 2 heterocycles. The van der Waals surface area contributed by atoms with Crippen LogP contribution in [0.4, 0.5) is 0 Å². The fourth-order valence-corrected chi connectivity index (χ4v) is 1.96. The zero-order valence-electron chi connectivity index (χ0n) is 12.3. The molecule has 0 amide bonds. The van der Waals surface area contributed by atoms with Crippen LogP contribution in [0.25, 0.3) is 12.2 Å². The van der Waals surface area contributed by atoms with Gasteiger partial charge in [0.25, 0.3) is 0 Å². The average molecular weight is 302 g/mol. The van der Waals surface area contributed by atoms with Crippen molar-refractivity contribution in [1.29, 1.82) is 0 Å². The number of esters is 1. The van der Waals surface area contributed by atoms with E-state index in [4.69, 9.17) is 4.74 Å². The number of ether oxygens (including phenoxy) is 1. The maximum atomic E-state index is 11.9. The molecule has 1 aromatic carbocycles. The number of hydrogen-bond donors (Lipinski definition) is 0. The van der Waals surface area contributed by atoms with Crippen LogP contribution in [0.5, 0.6) is 5.75 Å². The molecule has 0 bridgehead atoms. The van der Waals surface area contributed by atoms with Crippen molar-refractivity contribution in [2.24, 2.45) is 0 Å². The van der Waals surface area contributed by atoms with Crippen molar-refractivity contribution < 1.29 is 9.53 Å². The summed E-state index contributed by atoms with van der Waals surface area (Å²) in [4.78, 5) is 20.0. The highest BCUT2D eigenvalue weighted by molar-refractivity contribution is 5.90. The largest absolute Gasteiger partial charge is 0.423 e. The quantitative estimate of drug-likeness (QED) is 0.542. The van der Waals surface area contributed by atoms with Gasteiger partial charge in [-0.05, 0) is 48.0 Å². The molecule has 4 nitrogen and oxygen atoms in total. The molecule has 0 N–H and O–H groups in total. The Morgan fingerprint density at radius 2 is 1.65 bits per heavy atom. The fourth-order valence-electron chi connectivity index (χ4n) is 1.96. The summed E-state index contributed by atoms with van der Waals surface area (Å²) in [5, 5.41) is 0. The van der Waals surface area contributed by atoms with E-state index in [1.807, 2.05) is 42.5 Å². The van der Waals surface area contributed by atoms with Crippen LogP contribution in [0.1, 0.15) is 21.6 Å². The SMILES string of the molecule is O=C(Oc1ccc(/C=C/c2ccccn2)cc1)c1ccncc1. The van der Waals surface area contributed by atoms with E-state index in [2.05, 4.69) is 9.97 Å². The third-order valence-corrected chi connectivity index (χ3v) is 3.14. The maximum absolute atomic E-state index is 11.9. The second-order valence-corrected chi connectivity index (χ2v) is 4.78. The molecule has 0 spiro atoms. The van der Waals surface area contributed by atoms with E-state index in [0.29, 0.717) is 11.3 Å². The Bertz CT molecular complexity index is 798. The molecule has 3 rings (SSSR count). The normalized spacial score (nSPS) is 10.6. The van der Waals surface area contributed by atoms with Gasteiger partial charge in [0.1, 0.15) is 5.75 Å². The second kappa shape index (κ2) is 7.13. The molecule has 0 aliphatic carbocycles. The van der Waals surface area contributed by atoms with Crippen molar-refractivity contribution in [3.05, 3.63) is 90.0 Å². The lowest BCUT2D eigenvalue weighted by atomic mass is 10.2. The highest BCUT2D eigenvalue weighted by Crippen LogP contribution is 2.15. The highest BCUT2D eigenvalue weighted by Gasteiger charge is 2.07. The second-order valence-electron chi connectivity index (χ2n) is 4.78. The van der Waals surface area contributed by atoms with Gasteiger partial charge in [-0.25, -0.2) is 4.79 Å². The van der Waals surface area contributed by atoms with Gasteiger partial charge in [0.15, 0.2) is 0 Å². The van der Waals surface area contributed by atoms with Crippen LogP contribution in [0.2, 0.25) is 0 Å². The lowest BCUT2D eigenvalue weighted by Crippen LogP contribution is -2.08. The fraction of sp³-hybridized carbons (Fsp3) is 0. The molecule has 23 heavy (non-hydrogen) atoms. The molecule has 0 radical (unpaired) electrons. The van der Waals surface area contributed by atoms with E-state index in [9.17, 15) is 4.79 Å². The first-order chi connectivity index (χ1) is 11.3. The number of hydrogen-bond acceptors (Lipinski definition) is 4. The third-order valence-electron chi connectivity index (χ3n) is 3.14. The maximum Gasteiger partial charge on any atom is 0.343 e. The van der Waals surface area contributed by atoms with Crippen molar-refractivity contribution in [1.82, 2.24) is 9.97 Å². The molecule has 112 valence electrons. The monoisotopic (exact) mass is 302 g/mol. The van der Waals surface area contributed by atoms with Gasteiger partial charge in [0.2, 0.25) is 0 Å². The summed E-state index contributed by atoms with van der Waals surface area (Å²) < 4.78 is 5.32. The van der Waals surface area contributed by atoms with Crippen LogP contribution < -0.4 is 4.74 Å². The summed E-state index contributed by atoms with van der Waals surface area (Å²) in [6, 6.07) is 16.3. The summed E-state index contributed by atoms with van der Waals surface area (Å²) in [7, 11) is 0. The van der Waals surface area contributed by atoms with Crippen LogP contribution in [0, 0.1) is 0 Å². The van der Waals surface area contributed by atoms with E-state index in [1.165, 1.54) is 0 Å². The van der Waals surface area contributed by atoms with Crippen molar-refractivity contribution in [2.75, 3.05) is 0 Å². The lowest BCUT2D eigenvalue weighted by Gasteiger charge is -2.04. The van der Waals surface area contributed by atoms with Gasteiger partial charge in [0, 0.05) is 18.6 Å². The van der Waals surface area contributed by atoms with Crippen LogP contribution in [0.3, 0.4) is 0 Å². The molecule has 0 saturated carbocycles. The smallest absolute Gasteiger partial charge is 0.343 e. The first-order valence-corrected chi connectivity index (χ1v) is 7.13. The van der Waals surface area contributed by atoms with Crippen LogP contribution in [-0.2, 0) is 0 Å². The van der Waals surface area contributed by atoms with Gasteiger partial charge in [0.05, 0.1) is 11.3 Å². The predicted octanol–water partition coefficient (Wildman–Crippen LogP) is 3.87. The molecule has 0 aliphatic heterocycles. The minimum absolute atomic E-state index is 0.399. The van der Waals surface area contributed by atoms with Crippen molar-refractivity contribution in [2.45, 2.75) is 0 Å². The minimum Gasteiger partial charge on any atom is -0.423 e. The standard InChI is InChI=1S/C19H14N2O2/c22-19(16-10-13-20-14-11-16)23-18-8-5-15(6-9-18)4-7-17-3-1-2-12-21-17/h1-14H/b7-4+. The Morgan fingerprint density at radius 3 is 2.35 bits per heavy atom. The number of benzene rings is 1. The summed E-state index contributed by atoms with van der Waals surface area (Å²) >= 11 is 0. The average Bonchev–Trinajstić information content (AvgIpc) is 2.63. The Labute approximate surface area is 134 Å². The number of carbonyl (C=O) groups excluding carboxylic acids is 1. The summed E-state index contributed by atoms with van der Waals surface area (Å²) in [6.07, 6.45) is 8.75. The van der Waals surface area contributed by atoms with Gasteiger partial charge in [-0.2, -0.15) is 0 Å². The van der Waals surface area contributed by atoms with Crippen molar-refractivity contribution in [3.63, 3.8) is 0 Å². The number of carbonyl (C=O) groups is 1. The van der Waals surface area contributed by atoms with E-state index in [0.717, 1.165) is 11.3 Å². The first kappa shape index (κ1) is 14.7. The third kappa shape index (κ3) is 4.11. The Kier molecular flexibility index (Phi) is 4.55. The zero-order valence-corrected chi connectivity index (χ0v) is 12.3. The van der Waals surface area contributed by atoms with Gasteiger partial charge in [-0.15, -0.1) is 0 Å². The molecule has 0 atom stereocenters. The topological polar surface area (TPSA) is 52.1 Å². The van der Waals surface area contributed by atoms with Crippen molar-refractivity contribution >= 4 is 18.1 Å². The highest BCUT2D eigenvalue weighted by atomic mass is 16.5. The number of rotatable bonds is 4. The van der Waals surface area contributed by atoms with Gasteiger partial charge in [-0.1, -0.05) is 24.3 Å². The minimum atomic E-state index is -0.399. The predicted molar refractivity (Wildman–Crippen MR) is 88.8 cm³/mol. The van der Waals surface area contributed by atoms with E-state index in [-0.39, 0.29) is 0 Å². The summed E-state index contributed by atoms with van der Waals surface area (Å²) in [6.45, 7) is 0. The van der Waals surface area contributed by atoms with Gasteiger partial charge >= 0.3 is 5.97 Å². The van der Waals surface area contributed by atoms with E-state index < -0.39 is 5.97 Å². The Morgan fingerprint density at radius 1 is 0.870 bits per heavy atom. The number of pyridine rings is 2. The molecule has 0 aliphatic rings. The number of aromatic nitrogens is 2. The van der Waals surface area contributed by atoms with E-state index >= 15 is 0 Å². The molecule has 0 fully saturated rings. The van der Waals surface area contributed by atoms with E-state index in [1.54, 1.807) is 42.9 Å². The zero-order chi connectivity index (χ0) is 15.9. The Hall–Kier alpha value is -3.27. The molecule has 4 heteroatoms. The lowest BCUT2D eigenvalue weighted by molar-refractivity contribution is 0.0734. The number of nitrogens with zero attached hydrogens (tertiary/aromatic N) is 2. The van der Waals surface area contributed by atoms with Crippen LogP contribution >= 0.6 is 0 Å². The van der Waals surface area contributed by atoms with Crippen LogP contribution in [0.15, 0.2) is 73.2 Å².